The molecule has 0 aliphatic rings. The van der Waals surface area contributed by atoms with Gasteiger partial charge in [-0.2, -0.15) is 18.3 Å². The Morgan fingerprint density at radius 3 is 2.47 bits per heavy atom. The minimum Gasteiger partial charge on any atom is -0.477 e. The fourth-order valence-electron chi connectivity index (χ4n) is 3.16. The highest BCUT2D eigenvalue weighted by Crippen LogP contribution is 2.42. The third-order valence-electron chi connectivity index (χ3n) is 4.44. The second kappa shape index (κ2) is 7.75. The summed E-state index contributed by atoms with van der Waals surface area (Å²) in [6.07, 6.45) is -4.36. The van der Waals surface area contributed by atoms with Crippen molar-refractivity contribution < 1.29 is 36.4 Å². The molecule has 2 aromatic carbocycles. The first-order chi connectivity index (χ1) is 15.1. The first kappa shape index (κ1) is 21.5. The van der Waals surface area contributed by atoms with Crippen LogP contribution in [0.1, 0.15) is 16.1 Å². The minimum atomic E-state index is -5.06. The molecule has 32 heavy (non-hydrogen) atoms. The number of aromatic nitrogens is 3. The van der Waals surface area contributed by atoms with Gasteiger partial charge < -0.3 is 9.63 Å². The third-order valence-corrected chi connectivity index (χ3v) is 4.76. The van der Waals surface area contributed by atoms with Crippen molar-refractivity contribution in [3.63, 3.8) is 0 Å². The van der Waals surface area contributed by atoms with Crippen LogP contribution >= 0.6 is 11.6 Å². The topological polar surface area (TPSA) is 81.2 Å². The summed E-state index contributed by atoms with van der Waals surface area (Å²) in [7, 11) is 0. The van der Waals surface area contributed by atoms with Crippen LogP contribution < -0.4 is 0 Å². The van der Waals surface area contributed by atoms with Crippen molar-refractivity contribution >= 4 is 17.6 Å². The van der Waals surface area contributed by atoms with Crippen LogP contribution in [0.25, 0.3) is 28.3 Å². The fourth-order valence-corrected chi connectivity index (χ4v) is 3.41. The molecule has 0 fully saturated rings. The SMILES string of the molecule is O=C(O)c1c(-c2c(F)cccc2Cl)noc1-c1cnn(-c2cccc(F)c2)c1C(F)(F)F. The van der Waals surface area contributed by atoms with Gasteiger partial charge in [0, 0.05) is 0 Å². The number of hydrogen-bond acceptors (Lipinski definition) is 4. The van der Waals surface area contributed by atoms with Crippen LogP contribution in [0.4, 0.5) is 22.0 Å². The molecule has 4 rings (SSSR count). The maximum absolute atomic E-state index is 14.3. The zero-order valence-electron chi connectivity index (χ0n) is 15.5. The minimum absolute atomic E-state index is 0.223. The normalized spacial score (nSPS) is 11.7. The fraction of sp³-hybridized carbons (Fsp3) is 0.0500. The summed E-state index contributed by atoms with van der Waals surface area (Å²) < 4.78 is 75.1. The number of alkyl halides is 3. The number of carboxylic acids is 1. The van der Waals surface area contributed by atoms with Crippen LogP contribution in [0, 0.1) is 11.6 Å². The van der Waals surface area contributed by atoms with Gasteiger partial charge in [-0.1, -0.05) is 28.9 Å². The summed E-state index contributed by atoms with van der Waals surface area (Å²) in [6.45, 7) is 0. The standard InChI is InChI=1S/C20H9ClF5N3O3/c21-12-5-2-6-13(23)14(12)16-15(19(30)31)17(32-28-16)11-8-27-29(18(11)20(24,25)26)10-4-1-3-9(22)7-10/h1-8H,(H,30,31). The molecule has 6 nitrogen and oxygen atoms in total. The lowest BCUT2D eigenvalue weighted by Gasteiger charge is -2.12. The molecular formula is C20H9ClF5N3O3. The Kier molecular flexibility index (Phi) is 5.21. The summed E-state index contributed by atoms with van der Waals surface area (Å²) in [5, 5.41) is 16.6. The Morgan fingerprint density at radius 1 is 1.12 bits per heavy atom. The predicted molar refractivity (Wildman–Crippen MR) is 101 cm³/mol. The smallest absolute Gasteiger partial charge is 0.434 e. The van der Waals surface area contributed by atoms with Gasteiger partial charge in [0.1, 0.15) is 22.9 Å². The van der Waals surface area contributed by atoms with Gasteiger partial charge in [-0.05, 0) is 30.3 Å². The quantitative estimate of drug-likeness (QED) is 0.380. The van der Waals surface area contributed by atoms with E-state index in [-0.39, 0.29) is 10.7 Å². The van der Waals surface area contributed by atoms with E-state index in [4.69, 9.17) is 16.1 Å². The molecule has 2 heterocycles. The summed E-state index contributed by atoms with van der Waals surface area (Å²) in [5.74, 6) is -4.31. The maximum atomic E-state index is 14.3. The number of aromatic carboxylic acids is 1. The highest BCUT2D eigenvalue weighted by Gasteiger charge is 2.42. The molecule has 0 atom stereocenters. The summed E-state index contributed by atoms with van der Waals surface area (Å²) in [5.41, 5.74) is -4.38. The third kappa shape index (κ3) is 3.60. The highest BCUT2D eigenvalue weighted by molar-refractivity contribution is 6.33. The molecule has 0 unspecified atom stereocenters. The Hall–Kier alpha value is -3.73. The lowest BCUT2D eigenvalue weighted by molar-refractivity contribution is -0.142. The van der Waals surface area contributed by atoms with Crippen molar-refractivity contribution in [3.8, 4) is 28.3 Å². The molecule has 0 saturated heterocycles. The first-order valence-corrected chi connectivity index (χ1v) is 9.06. The lowest BCUT2D eigenvalue weighted by atomic mass is 10.0. The van der Waals surface area contributed by atoms with Crippen molar-refractivity contribution in [2.75, 3.05) is 0 Å². The lowest BCUT2D eigenvalue weighted by Crippen LogP contribution is -2.15. The van der Waals surface area contributed by atoms with E-state index in [0.717, 1.165) is 18.2 Å². The van der Waals surface area contributed by atoms with Gasteiger partial charge in [-0.3, -0.25) is 0 Å². The molecule has 4 aromatic rings. The maximum Gasteiger partial charge on any atom is 0.434 e. The zero-order valence-corrected chi connectivity index (χ0v) is 16.2. The van der Waals surface area contributed by atoms with Crippen molar-refractivity contribution in [2.45, 2.75) is 6.18 Å². The second-order valence-electron chi connectivity index (χ2n) is 6.43. The Morgan fingerprint density at radius 2 is 1.84 bits per heavy atom. The van der Waals surface area contributed by atoms with E-state index < -0.39 is 57.6 Å². The molecule has 0 aliphatic heterocycles. The molecule has 0 radical (unpaired) electrons. The van der Waals surface area contributed by atoms with Gasteiger partial charge in [0.2, 0.25) is 0 Å². The van der Waals surface area contributed by atoms with E-state index in [2.05, 4.69) is 10.3 Å². The van der Waals surface area contributed by atoms with E-state index >= 15 is 0 Å². The molecule has 0 aliphatic carbocycles. The van der Waals surface area contributed by atoms with E-state index in [1.54, 1.807) is 0 Å². The number of rotatable bonds is 4. The summed E-state index contributed by atoms with van der Waals surface area (Å²) >= 11 is 5.95. The number of halogens is 6. The van der Waals surface area contributed by atoms with Crippen molar-refractivity contribution in [1.29, 1.82) is 0 Å². The van der Waals surface area contributed by atoms with Crippen LogP contribution in [0.5, 0.6) is 0 Å². The van der Waals surface area contributed by atoms with Crippen LogP contribution in [-0.4, -0.2) is 26.0 Å². The number of benzene rings is 2. The molecular weight excluding hydrogens is 461 g/mol. The number of carboxylic acid groups (broad SMARTS) is 1. The Balaban J connectivity index is 2.00. The number of nitrogens with zero attached hydrogens (tertiary/aromatic N) is 3. The Labute approximate surface area is 180 Å². The summed E-state index contributed by atoms with van der Waals surface area (Å²) in [6, 6.07) is 7.69. The predicted octanol–water partition coefficient (Wildman–Crippen LogP) is 5.84. The number of hydrogen-bond donors (Lipinski definition) is 1. The van der Waals surface area contributed by atoms with E-state index in [9.17, 15) is 31.9 Å². The van der Waals surface area contributed by atoms with E-state index in [0.29, 0.717) is 10.9 Å². The van der Waals surface area contributed by atoms with Crippen LogP contribution in [0.3, 0.4) is 0 Å². The molecule has 164 valence electrons. The van der Waals surface area contributed by atoms with Crippen LogP contribution in [0.2, 0.25) is 5.02 Å². The van der Waals surface area contributed by atoms with Gasteiger partial charge in [0.25, 0.3) is 0 Å². The van der Waals surface area contributed by atoms with Crippen molar-refractivity contribution in [3.05, 3.63) is 76.6 Å². The molecule has 0 bridgehead atoms. The van der Waals surface area contributed by atoms with E-state index in [1.807, 2.05) is 0 Å². The average Bonchev–Trinajstić information content (AvgIpc) is 3.32. The average molecular weight is 470 g/mol. The second-order valence-corrected chi connectivity index (χ2v) is 6.84. The van der Waals surface area contributed by atoms with Crippen molar-refractivity contribution in [2.24, 2.45) is 0 Å². The van der Waals surface area contributed by atoms with Crippen molar-refractivity contribution in [1.82, 2.24) is 14.9 Å². The monoisotopic (exact) mass is 469 g/mol. The zero-order chi connectivity index (χ0) is 23.2. The van der Waals surface area contributed by atoms with Gasteiger partial charge >= 0.3 is 12.1 Å². The highest BCUT2D eigenvalue weighted by atomic mass is 35.5. The largest absolute Gasteiger partial charge is 0.477 e. The molecule has 0 spiro atoms. The van der Waals surface area contributed by atoms with Crippen LogP contribution in [-0.2, 0) is 6.18 Å². The molecule has 2 aromatic heterocycles. The first-order valence-electron chi connectivity index (χ1n) is 8.68. The van der Waals surface area contributed by atoms with Gasteiger partial charge in [-0.25, -0.2) is 18.3 Å². The van der Waals surface area contributed by atoms with Gasteiger partial charge in [-0.15, -0.1) is 0 Å². The molecule has 0 saturated carbocycles. The Bertz CT molecular complexity index is 1330. The van der Waals surface area contributed by atoms with Gasteiger partial charge in [0.05, 0.1) is 28.0 Å². The molecule has 1 N–H and O–H groups in total. The molecule has 0 amide bonds. The van der Waals surface area contributed by atoms with E-state index in [1.165, 1.54) is 24.3 Å². The molecule has 12 heteroatoms. The van der Waals surface area contributed by atoms with Crippen LogP contribution in [0.15, 0.2) is 53.2 Å². The number of carbonyl (C=O) groups is 1. The van der Waals surface area contributed by atoms with Gasteiger partial charge in [0.15, 0.2) is 11.5 Å². The summed E-state index contributed by atoms with van der Waals surface area (Å²) in [4.78, 5) is 11.9.